The molecule has 0 fully saturated rings. The molecule has 0 spiro atoms. The van der Waals surface area contributed by atoms with Gasteiger partial charge in [-0.3, -0.25) is 9.59 Å². The highest BCUT2D eigenvalue weighted by molar-refractivity contribution is 5.97. The summed E-state index contributed by atoms with van der Waals surface area (Å²) in [4.78, 5) is 25.3. The Hall–Kier alpha value is -2.89. The van der Waals surface area contributed by atoms with Crippen LogP contribution in [0, 0.1) is 5.82 Å². The Balaban J connectivity index is 1.63. The third-order valence-corrected chi connectivity index (χ3v) is 3.90. The van der Waals surface area contributed by atoms with Crippen LogP contribution in [0.2, 0.25) is 0 Å². The summed E-state index contributed by atoms with van der Waals surface area (Å²) in [7, 11) is 1.74. The molecule has 1 heterocycles. The maximum absolute atomic E-state index is 13.4. The van der Waals surface area contributed by atoms with Crippen molar-refractivity contribution in [3.05, 3.63) is 53.8 Å². The van der Waals surface area contributed by atoms with Crippen LogP contribution in [0.1, 0.15) is 12.0 Å². The van der Waals surface area contributed by atoms with Crippen molar-refractivity contribution in [3.63, 3.8) is 0 Å². The van der Waals surface area contributed by atoms with Crippen LogP contribution < -0.4 is 15.0 Å². The fourth-order valence-electron chi connectivity index (χ4n) is 2.64. The Bertz CT molecular complexity index is 792. The third kappa shape index (κ3) is 3.37. The van der Waals surface area contributed by atoms with E-state index < -0.39 is 5.82 Å². The summed E-state index contributed by atoms with van der Waals surface area (Å²) >= 11 is 0. The van der Waals surface area contributed by atoms with E-state index in [-0.39, 0.29) is 24.2 Å². The molecule has 0 aliphatic carbocycles. The number of aryl methyl sites for hydroxylation is 1. The summed E-state index contributed by atoms with van der Waals surface area (Å²) in [6.07, 6.45) is 1.10. The molecule has 6 heteroatoms. The lowest BCUT2D eigenvalue weighted by atomic mass is 10.0. The first-order valence-electron chi connectivity index (χ1n) is 7.61. The molecule has 0 atom stereocenters. The normalized spacial score (nSPS) is 13.4. The number of fused-ring (bicyclic) bond motifs is 1. The molecule has 24 heavy (non-hydrogen) atoms. The fraction of sp³-hybridized carbons (Fsp3) is 0.222. The van der Waals surface area contributed by atoms with E-state index in [9.17, 15) is 14.0 Å². The van der Waals surface area contributed by atoms with E-state index in [1.807, 2.05) is 6.07 Å². The Morgan fingerprint density at radius 2 is 2.04 bits per heavy atom. The van der Waals surface area contributed by atoms with Crippen LogP contribution in [0.25, 0.3) is 0 Å². The first kappa shape index (κ1) is 16.0. The van der Waals surface area contributed by atoms with E-state index in [1.54, 1.807) is 36.2 Å². The van der Waals surface area contributed by atoms with Crippen molar-refractivity contribution in [2.24, 2.45) is 0 Å². The summed E-state index contributed by atoms with van der Waals surface area (Å²) < 4.78 is 18.6. The number of carbonyl (C=O) groups is 2. The fourth-order valence-corrected chi connectivity index (χ4v) is 2.64. The van der Waals surface area contributed by atoms with Gasteiger partial charge in [-0.15, -0.1) is 0 Å². The molecule has 3 rings (SSSR count). The average molecular weight is 328 g/mol. The van der Waals surface area contributed by atoms with Crippen molar-refractivity contribution < 1.29 is 18.7 Å². The van der Waals surface area contributed by atoms with Gasteiger partial charge in [0, 0.05) is 24.8 Å². The molecular formula is C18H17FN2O3. The molecule has 0 radical (unpaired) electrons. The number of halogens is 1. The second kappa shape index (κ2) is 6.70. The van der Waals surface area contributed by atoms with Crippen molar-refractivity contribution in [3.8, 4) is 5.75 Å². The van der Waals surface area contributed by atoms with Crippen LogP contribution in [-0.4, -0.2) is 25.5 Å². The van der Waals surface area contributed by atoms with Gasteiger partial charge < -0.3 is 15.0 Å². The van der Waals surface area contributed by atoms with E-state index in [4.69, 9.17) is 4.74 Å². The number of anilines is 2. The zero-order valence-electron chi connectivity index (χ0n) is 13.2. The molecular weight excluding hydrogens is 311 g/mol. The van der Waals surface area contributed by atoms with Gasteiger partial charge in [0.15, 0.2) is 18.2 Å². The zero-order valence-corrected chi connectivity index (χ0v) is 13.2. The van der Waals surface area contributed by atoms with E-state index in [1.165, 1.54) is 12.1 Å². The van der Waals surface area contributed by atoms with Crippen LogP contribution in [0.4, 0.5) is 15.8 Å². The summed E-state index contributed by atoms with van der Waals surface area (Å²) in [5.74, 6) is -0.763. The quantitative estimate of drug-likeness (QED) is 0.939. The number of carbonyl (C=O) groups excluding carboxylic acids is 2. The lowest BCUT2D eigenvalue weighted by molar-refractivity contribution is -0.119. The number of hydrogen-bond donors (Lipinski definition) is 1. The second-order valence-corrected chi connectivity index (χ2v) is 5.56. The number of nitrogens with one attached hydrogen (secondary N) is 1. The number of rotatable bonds is 4. The van der Waals surface area contributed by atoms with Crippen LogP contribution >= 0.6 is 0 Å². The van der Waals surface area contributed by atoms with E-state index in [0.717, 1.165) is 11.3 Å². The van der Waals surface area contributed by atoms with Gasteiger partial charge in [0.05, 0.1) is 0 Å². The zero-order chi connectivity index (χ0) is 17.1. The van der Waals surface area contributed by atoms with Crippen LogP contribution in [0.3, 0.4) is 0 Å². The van der Waals surface area contributed by atoms with Gasteiger partial charge in [0.2, 0.25) is 5.91 Å². The Morgan fingerprint density at radius 1 is 1.25 bits per heavy atom. The standard InChI is InChI=1S/C18H17FN2O3/c1-21-15-8-7-13(10-12(15)6-9-18(21)23)20-17(22)11-24-16-5-3-2-4-14(16)19/h2-5,7-8,10H,6,9,11H2,1H3,(H,20,22). The number of ether oxygens (including phenoxy) is 1. The van der Waals surface area contributed by atoms with E-state index >= 15 is 0 Å². The van der Waals surface area contributed by atoms with E-state index in [2.05, 4.69) is 5.32 Å². The average Bonchev–Trinajstić information content (AvgIpc) is 2.57. The molecule has 0 saturated heterocycles. The van der Waals surface area contributed by atoms with Crippen molar-refractivity contribution in [1.82, 2.24) is 0 Å². The van der Waals surface area contributed by atoms with Gasteiger partial charge >= 0.3 is 0 Å². The Morgan fingerprint density at radius 3 is 2.83 bits per heavy atom. The predicted octanol–water partition coefficient (Wildman–Crippen LogP) is 2.75. The Kier molecular flexibility index (Phi) is 4.46. The highest BCUT2D eigenvalue weighted by atomic mass is 19.1. The van der Waals surface area contributed by atoms with Crippen molar-refractivity contribution in [2.75, 3.05) is 23.9 Å². The van der Waals surface area contributed by atoms with Gasteiger partial charge in [-0.2, -0.15) is 0 Å². The predicted molar refractivity (Wildman–Crippen MR) is 88.7 cm³/mol. The smallest absolute Gasteiger partial charge is 0.262 e. The minimum absolute atomic E-state index is 0.0400. The number of benzene rings is 2. The van der Waals surface area contributed by atoms with E-state index in [0.29, 0.717) is 18.5 Å². The van der Waals surface area contributed by atoms with Gasteiger partial charge in [0.25, 0.3) is 5.91 Å². The topological polar surface area (TPSA) is 58.6 Å². The van der Waals surface area contributed by atoms with Crippen molar-refractivity contribution in [2.45, 2.75) is 12.8 Å². The minimum atomic E-state index is -0.508. The van der Waals surface area contributed by atoms with Crippen LogP contribution in [0.5, 0.6) is 5.75 Å². The summed E-state index contributed by atoms with van der Waals surface area (Å²) in [5.41, 5.74) is 2.48. The molecule has 0 saturated carbocycles. The van der Waals surface area contributed by atoms with Crippen LogP contribution in [-0.2, 0) is 16.0 Å². The van der Waals surface area contributed by atoms with Crippen molar-refractivity contribution >= 4 is 23.2 Å². The molecule has 1 aliphatic heterocycles. The number of amides is 2. The molecule has 0 unspecified atom stereocenters. The molecule has 2 aromatic carbocycles. The van der Waals surface area contributed by atoms with Crippen molar-refractivity contribution in [1.29, 1.82) is 0 Å². The van der Waals surface area contributed by atoms with Crippen LogP contribution in [0.15, 0.2) is 42.5 Å². The summed E-state index contributed by atoms with van der Waals surface area (Å²) in [5, 5.41) is 2.72. The Labute approximate surface area is 139 Å². The SMILES string of the molecule is CN1C(=O)CCc2cc(NC(=O)COc3ccccc3F)ccc21. The highest BCUT2D eigenvalue weighted by Gasteiger charge is 2.21. The number of nitrogens with zero attached hydrogens (tertiary/aromatic N) is 1. The molecule has 1 aliphatic rings. The lowest BCUT2D eigenvalue weighted by Crippen LogP contribution is -2.31. The lowest BCUT2D eigenvalue weighted by Gasteiger charge is -2.26. The first-order valence-corrected chi connectivity index (χ1v) is 7.61. The first-order chi connectivity index (χ1) is 11.5. The molecule has 2 aromatic rings. The molecule has 0 aromatic heterocycles. The maximum Gasteiger partial charge on any atom is 0.262 e. The van der Waals surface area contributed by atoms with Gasteiger partial charge in [-0.25, -0.2) is 4.39 Å². The molecule has 2 amide bonds. The summed E-state index contributed by atoms with van der Waals surface area (Å²) in [6, 6.07) is 11.3. The highest BCUT2D eigenvalue weighted by Crippen LogP contribution is 2.29. The molecule has 5 nitrogen and oxygen atoms in total. The largest absolute Gasteiger partial charge is 0.481 e. The molecule has 1 N–H and O–H groups in total. The van der Waals surface area contributed by atoms with Gasteiger partial charge in [-0.1, -0.05) is 12.1 Å². The number of hydrogen-bond acceptors (Lipinski definition) is 3. The second-order valence-electron chi connectivity index (χ2n) is 5.56. The molecule has 124 valence electrons. The van der Waals surface area contributed by atoms with Gasteiger partial charge in [0.1, 0.15) is 0 Å². The minimum Gasteiger partial charge on any atom is -0.481 e. The molecule has 0 bridgehead atoms. The maximum atomic E-state index is 13.4. The van der Waals surface area contributed by atoms with Gasteiger partial charge in [-0.05, 0) is 42.3 Å². The summed E-state index contributed by atoms with van der Waals surface area (Å²) in [6.45, 7) is -0.281. The number of para-hydroxylation sites is 1. The monoisotopic (exact) mass is 328 g/mol. The third-order valence-electron chi connectivity index (χ3n) is 3.90.